The normalized spacial score (nSPS) is 12.6. The SMILES string of the molecule is CN(CCc1ccccn1)C(=O)CCCc1ccc2c(c1)CC(=O)N2. The van der Waals surface area contributed by atoms with Gasteiger partial charge in [-0.15, -0.1) is 0 Å². The molecule has 0 radical (unpaired) electrons. The molecular weight excluding hydrogens is 314 g/mol. The molecule has 0 spiro atoms. The average Bonchev–Trinajstić information content (AvgIpc) is 2.99. The largest absolute Gasteiger partial charge is 0.345 e. The molecule has 1 N–H and O–H groups in total. The van der Waals surface area contributed by atoms with Gasteiger partial charge in [-0.05, 0) is 42.2 Å². The summed E-state index contributed by atoms with van der Waals surface area (Å²) in [6.45, 7) is 0.683. The van der Waals surface area contributed by atoms with Gasteiger partial charge in [0.05, 0.1) is 6.42 Å². The Hall–Kier alpha value is -2.69. The molecule has 1 aliphatic heterocycles. The number of rotatable bonds is 7. The Kier molecular flexibility index (Phi) is 5.43. The second-order valence-electron chi connectivity index (χ2n) is 6.46. The quantitative estimate of drug-likeness (QED) is 0.845. The number of fused-ring (bicyclic) bond motifs is 1. The van der Waals surface area contributed by atoms with Crippen LogP contribution in [0.2, 0.25) is 0 Å². The number of likely N-dealkylation sites (N-methyl/N-ethyl adjacent to an activating group) is 1. The predicted octanol–water partition coefficient (Wildman–Crippen LogP) is 2.60. The Morgan fingerprint density at radius 1 is 1.24 bits per heavy atom. The van der Waals surface area contributed by atoms with Crippen molar-refractivity contribution in [2.75, 3.05) is 18.9 Å². The first kappa shape index (κ1) is 17.1. The summed E-state index contributed by atoms with van der Waals surface area (Å²) in [7, 11) is 1.85. The van der Waals surface area contributed by atoms with Crippen LogP contribution in [0.1, 0.15) is 29.7 Å². The van der Waals surface area contributed by atoms with E-state index in [1.807, 2.05) is 37.4 Å². The predicted molar refractivity (Wildman–Crippen MR) is 97.3 cm³/mol. The van der Waals surface area contributed by atoms with E-state index in [-0.39, 0.29) is 11.8 Å². The number of aromatic nitrogens is 1. The lowest BCUT2D eigenvalue weighted by atomic mass is 10.0. The molecule has 2 heterocycles. The van der Waals surface area contributed by atoms with E-state index in [0.29, 0.717) is 19.4 Å². The van der Waals surface area contributed by atoms with Gasteiger partial charge in [0.25, 0.3) is 0 Å². The van der Waals surface area contributed by atoms with E-state index >= 15 is 0 Å². The number of anilines is 1. The number of hydrogen-bond acceptors (Lipinski definition) is 3. The van der Waals surface area contributed by atoms with Gasteiger partial charge >= 0.3 is 0 Å². The van der Waals surface area contributed by atoms with Gasteiger partial charge in [0.1, 0.15) is 0 Å². The van der Waals surface area contributed by atoms with Crippen LogP contribution in [0.5, 0.6) is 0 Å². The fourth-order valence-corrected chi connectivity index (χ4v) is 3.03. The van der Waals surface area contributed by atoms with Crippen LogP contribution in [0.4, 0.5) is 5.69 Å². The van der Waals surface area contributed by atoms with Crippen molar-refractivity contribution in [3.8, 4) is 0 Å². The minimum absolute atomic E-state index is 0.0526. The van der Waals surface area contributed by atoms with Crippen LogP contribution in [-0.2, 0) is 28.9 Å². The second-order valence-corrected chi connectivity index (χ2v) is 6.46. The number of nitrogens with zero attached hydrogens (tertiary/aromatic N) is 2. The van der Waals surface area contributed by atoms with Gasteiger partial charge in [-0.1, -0.05) is 18.2 Å². The number of amides is 2. The number of aryl methyl sites for hydroxylation is 1. The first-order chi connectivity index (χ1) is 12.1. The summed E-state index contributed by atoms with van der Waals surface area (Å²) in [4.78, 5) is 29.7. The molecule has 5 nitrogen and oxygen atoms in total. The van der Waals surface area contributed by atoms with Crippen LogP contribution in [0.15, 0.2) is 42.6 Å². The molecule has 0 saturated carbocycles. The summed E-state index contributed by atoms with van der Waals surface area (Å²) < 4.78 is 0. The zero-order chi connectivity index (χ0) is 17.6. The maximum Gasteiger partial charge on any atom is 0.228 e. The van der Waals surface area contributed by atoms with Crippen LogP contribution < -0.4 is 5.32 Å². The lowest BCUT2D eigenvalue weighted by Crippen LogP contribution is -2.28. The fraction of sp³-hybridized carbons (Fsp3) is 0.350. The highest BCUT2D eigenvalue weighted by molar-refractivity contribution is 5.99. The van der Waals surface area contributed by atoms with Gasteiger partial charge in [0, 0.05) is 44.0 Å². The summed E-state index contributed by atoms with van der Waals surface area (Å²) in [6, 6.07) is 11.9. The topological polar surface area (TPSA) is 62.3 Å². The third-order valence-electron chi connectivity index (χ3n) is 4.51. The van der Waals surface area contributed by atoms with Gasteiger partial charge in [0.15, 0.2) is 0 Å². The second kappa shape index (κ2) is 7.92. The van der Waals surface area contributed by atoms with E-state index < -0.39 is 0 Å². The molecule has 1 aliphatic rings. The van der Waals surface area contributed by atoms with Crippen LogP contribution in [0, 0.1) is 0 Å². The Morgan fingerprint density at radius 3 is 2.92 bits per heavy atom. The molecular formula is C20H23N3O2. The highest BCUT2D eigenvalue weighted by Gasteiger charge is 2.17. The number of benzene rings is 1. The molecule has 2 aromatic rings. The molecule has 0 unspecified atom stereocenters. The maximum atomic E-state index is 12.2. The third kappa shape index (κ3) is 4.66. The molecule has 0 fully saturated rings. The van der Waals surface area contributed by atoms with E-state index in [1.165, 1.54) is 5.56 Å². The summed E-state index contributed by atoms with van der Waals surface area (Å²) in [6.07, 6.45) is 5.20. The van der Waals surface area contributed by atoms with Crippen molar-refractivity contribution in [3.05, 3.63) is 59.4 Å². The fourth-order valence-electron chi connectivity index (χ4n) is 3.03. The van der Waals surface area contributed by atoms with Crippen molar-refractivity contribution < 1.29 is 9.59 Å². The molecule has 0 saturated heterocycles. The molecule has 25 heavy (non-hydrogen) atoms. The minimum atomic E-state index is 0.0526. The summed E-state index contributed by atoms with van der Waals surface area (Å²) in [5, 5.41) is 2.84. The number of hydrogen-bond donors (Lipinski definition) is 1. The van der Waals surface area contributed by atoms with Crippen molar-refractivity contribution in [3.63, 3.8) is 0 Å². The number of carbonyl (C=O) groups excluding carboxylic acids is 2. The Balaban J connectivity index is 1.42. The molecule has 5 heteroatoms. The molecule has 1 aromatic carbocycles. The van der Waals surface area contributed by atoms with Gasteiger partial charge in [-0.3, -0.25) is 14.6 Å². The molecule has 0 atom stereocenters. The third-order valence-corrected chi connectivity index (χ3v) is 4.51. The zero-order valence-electron chi connectivity index (χ0n) is 14.5. The lowest BCUT2D eigenvalue weighted by Gasteiger charge is -2.17. The van der Waals surface area contributed by atoms with E-state index in [2.05, 4.69) is 16.4 Å². The Labute approximate surface area is 148 Å². The Bertz CT molecular complexity index is 759. The smallest absolute Gasteiger partial charge is 0.228 e. The molecule has 130 valence electrons. The van der Waals surface area contributed by atoms with Crippen LogP contribution in [0.25, 0.3) is 0 Å². The highest BCUT2D eigenvalue weighted by Crippen LogP contribution is 2.24. The van der Waals surface area contributed by atoms with Crippen molar-refractivity contribution in [1.82, 2.24) is 9.88 Å². The summed E-state index contributed by atoms with van der Waals surface area (Å²) in [5.41, 5.74) is 4.16. The van der Waals surface area contributed by atoms with E-state index in [9.17, 15) is 9.59 Å². The van der Waals surface area contributed by atoms with Crippen LogP contribution >= 0.6 is 0 Å². The molecule has 0 bridgehead atoms. The van der Waals surface area contributed by atoms with Crippen molar-refractivity contribution >= 4 is 17.5 Å². The van der Waals surface area contributed by atoms with E-state index in [0.717, 1.165) is 36.2 Å². The molecule has 3 rings (SSSR count). The van der Waals surface area contributed by atoms with Gasteiger partial charge in [0.2, 0.25) is 11.8 Å². The number of pyridine rings is 1. The molecule has 1 aromatic heterocycles. The maximum absolute atomic E-state index is 12.2. The van der Waals surface area contributed by atoms with Crippen molar-refractivity contribution in [1.29, 1.82) is 0 Å². The Morgan fingerprint density at radius 2 is 2.12 bits per heavy atom. The molecule has 2 amide bonds. The highest BCUT2D eigenvalue weighted by atomic mass is 16.2. The van der Waals surface area contributed by atoms with Gasteiger partial charge in [-0.2, -0.15) is 0 Å². The minimum Gasteiger partial charge on any atom is -0.345 e. The number of carbonyl (C=O) groups is 2. The van der Waals surface area contributed by atoms with Gasteiger partial charge in [-0.25, -0.2) is 0 Å². The van der Waals surface area contributed by atoms with Crippen molar-refractivity contribution in [2.24, 2.45) is 0 Å². The van der Waals surface area contributed by atoms with Gasteiger partial charge < -0.3 is 10.2 Å². The summed E-state index contributed by atoms with van der Waals surface area (Å²) >= 11 is 0. The standard InChI is InChI=1S/C20H23N3O2/c1-23(12-10-17-6-2-3-11-21-17)20(25)7-4-5-15-8-9-18-16(13-15)14-19(24)22-18/h2-3,6,8-9,11,13H,4-5,7,10,12,14H2,1H3,(H,22,24). The monoisotopic (exact) mass is 337 g/mol. The average molecular weight is 337 g/mol. The van der Waals surface area contributed by atoms with Crippen LogP contribution in [0.3, 0.4) is 0 Å². The van der Waals surface area contributed by atoms with Crippen molar-refractivity contribution in [2.45, 2.75) is 32.1 Å². The zero-order valence-corrected chi connectivity index (χ0v) is 14.5. The molecule has 0 aliphatic carbocycles. The first-order valence-electron chi connectivity index (χ1n) is 8.67. The first-order valence-corrected chi connectivity index (χ1v) is 8.67. The van der Waals surface area contributed by atoms with E-state index in [1.54, 1.807) is 11.1 Å². The van der Waals surface area contributed by atoms with E-state index in [4.69, 9.17) is 0 Å². The number of nitrogens with one attached hydrogen (secondary N) is 1. The van der Waals surface area contributed by atoms with Crippen LogP contribution in [-0.4, -0.2) is 35.3 Å². The lowest BCUT2D eigenvalue weighted by molar-refractivity contribution is -0.130. The summed E-state index contributed by atoms with van der Waals surface area (Å²) in [5.74, 6) is 0.214.